The molecule has 104 valence electrons. The van der Waals surface area contributed by atoms with Crippen LogP contribution in [0.2, 0.25) is 0 Å². The monoisotopic (exact) mass is 270 g/mol. The minimum absolute atomic E-state index is 0.291. The molecule has 20 heavy (non-hydrogen) atoms. The van der Waals surface area contributed by atoms with Crippen LogP contribution in [0.1, 0.15) is 27.9 Å². The average molecular weight is 270 g/mol. The van der Waals surface area contributed by atoms with Crippen molar-refractivity contribution in [1.82, 2.24) is 0 Å². The van der Waals surface area contributed by atoms with Crippen LogP contribution in [0.15, 0.2) is 48.5 Å². The smallest absolute Gasteiger partial charge is 0.335 e. The molecular formula is C17H18O3. The van der Waals surface area contributed by atoms with Gasteiger partial charge in [0.05, 0.1) is 12.2 Å². The van der Waals surface area contributed by atoms with E-state index in [2.05, 4.69) is 12.1 Å². The molecule has 0 bridgehead atoms. The normalized spacial score (nSPS) is 10.2. The van der Waals surface area contributed by atoms with Gasteiger partial charge in [-0.25, -0.2) is 4.79 Å². The summed E-state index contributed by atoms with van der Waals surface area (Å²) < 4.78 is 5.70. The Morgan fingerprint density at radius 2 is 1.90 bits per heavy atom. The maximum absolute atomic E-state index is 10.8. The maximum Gasteiger partial charge on any atom is 0.335 e. The number of aromatic carboxylic acids is 1. The highest BCUT2D eigenvalue weighted by Gasteiger charge is 2.06. The number of carbonyl (C=O) groups is 1. The van der Waals surface area contributed by atoms with E-state index in [0.717, 1.165) is 24.2 Å². The molecule has 0 saturated heterocycles. The van der Waals surface area contributed by atoms with Crippen LogP contribution >= 0.6 is 0 Å². The Morgan fingerprint density at radius 1 is 1.15 bits per heavy atom. The Labute approximate surface area is 118 Å². The SMILES string of the molecule is Cc1cc(C(=O)O)ccc1OCCCc1ccccc1. The molecule has 0 spiro atoms. The zero-order valence-electron chi connectivity index (χ0n) is 11.5. The fraction of sp³-hybridized carbons (Fsp3) is 0.235. The summed E-state index contributed by atoms with van der Waals surface area (Å²) in [6, 6.07) is 15.2. The predicted molar refractivity (Wildman–Crippen MR) is 78.4 cm³/mol. The largest absolute Gasteiger partial charge is 0.493 e. The van der Waals surface area contributed by atoms with Gasteiger partial charge in [0.15, 0.2) is 0 Å². The highest BCUT2D eigenvalue weighted by Crippen LogP contribution is 2.19. The van der Waals surface area contributed by atoms with E-state index in [9.17, 15) is 4.79 Å². The molecule has 0 saturated carbocycles. The van der Waals surface area contributed by atoms with Gasteiger partial charge in [0, 0.05) is 0 Å². The molecule has 0 aromatic heterocycles. The molecule has 0 fully saturated rings. The molecule has 2 aromatic rings. The predicted octanol–water partition coefficient (Wildman–Crippen LogP) is 3.70. The van der Waals surface area contributed by atoms with E-state index in [1.165, 1.54) is 5.56 Å². The summed E-state index contributed by atoms with van der Waals surface area (Å²) in [4.78, 5) is 10.8. The zero-order valence-corrected chi connectivity index (χ0v) is 11.5. The Hall–Kier alpha value is -2.29. The van der Waals surface area contributed by atoms with Crippen LogP contribution in [0.4, 0.5) is 0 Å². The quantitative estimate of drug-likeness (QED) is 0.814. The molecule has 2 rings (SSSR count). The number of rotatable bonds is 6. The van der Waals surface area contributed by atoms with Crippen LogP contribution in [-0.2, 0) is 6.42 Å². The lowest BCUT2D eigenvalue weighted by molar-refractivity contribution is 0.0696. The molecule has 3 nitrogen and oxygen atoms in total. The molecule has 0 heterocycles. The molecule has 0 radical (unpaired) electrons. The zero-order chi connectivity index (χ0) is 14.4. The van der Waals surface area contributed by atoms with Crippen LogP contribution in [-0.4, -0.2) is 17.7 Å². The second kappa shape index (κ2) is 6.75. The van der Waals surface area contributed by atoms with E-state index < -0.39 is 5.97 Å². The molecule has 1 N–H and O–H groups in total. The topological polar surface area (TPSA) is 46.5 Å². The lowest BCUT2D eigenvalue weighted by atomic mass is 10.1. The van der Waals surface area contributed by atoms with Gasteiger partial charge in [-0.3, -0.25) is 0 Å². The van der Waals surface area contributed by atoms with Gasteiger partial charge in [-0.2, -0.15) is 0 Å². The van der Waals surface area contributed by atoms with Gasteiger partial charge in [0.25, 0.3) is 0 Å². The van der Waals surface area contributed by atoms with E-state index in [4.69, 9.17) is 9.84 Å². The van der Waals surface area contributed by atoms with Gasteiger partial charge in [-0.1, -0.05) is 30.3 Å². The molecule has 3 heteroatoms. The lowest BCUT2D eigenvalue weighted by Crippen LogP contribution is -2.02. The molecule has 0 unspecified atom stereocenters. The summed E-state index contributed by atoms with van der Waals surface area (Å²) in [7, 11) is 0. The fourth-order valence-electron chi connectivity index (χ4n) is 2.05. The van der Waals surface area contributed by atoms with Crippen molar-refractivity contribution in [1.29, 1.82) is 0 Å². The van der Waals surface area contributed by atoms with Gasteiger partial charge in [-0.15, -0.1) is 0 Å². The van der Waals surface area contributed by atoms with Crippen molar-refractivity contribution in [3.05, 3.63) is 65.2 Å². The van der Waals surface area contributed by atoms with Crippen LogP contribution < -0.4 is 4.74 Å². The van der Waals surface area contributed by atoms with Crippen LogP contribution in [0, 0.1) is 6.92 Å². The van der Waals surface area contributed by atoms with Gasteiger partial charge >= 0.3 is 5.97 Å². The van der Waals surface area contributed by atoms with Gasteiger partial charge in [0.1, 0.15) is 5.75 Å². The third-order valence-electron chi connectivity index (χ3n) is 3.13. The van der Waals surface area contributed by atoms with Crippen LogP contribution in [0.25, 0.3) is 0 Å². The van der Waals surface area contributed by atoms with Crippen LogP contribution in [0.3, 0.4) is 0 Å². The Bertz CT molecular complexity index is 576. The average Bonchev–Trinajstić information content (AvgIpc) is 2.46. The fourth-order valence-corrected chi connectivity index (χ4v) is 2.05. The van der Waals surface area contributed by atoms with Crippen molar-refractivity contribution in [2.24, 2.45) is 0 Å². The Kier molecular flexibility index (Phi) is 4.77. The number of carboxylic acid groups (broad SMARTS) is 1. The second-order valence-corrected chi connectivity index (χ2v) is 4.72. The summed E-state index contributed by atoms with van der Waals surface area (Å²) in [5.41, 5.74) is 2.44. The minimum atomic E-state index is -0.913. The van der Waals surface area contributed by atoms with Crippen molar-refractivity contribution in [2.75, 3.05) is 6.61 Å². The first-order valence-electron chi connectivity index (χ1n) is 6.67. The van der Waals surface area contributed by atoms with Crippen molar-refractivity contribution < 1.29 is 14.6 Å². The highest BCUT2D eigenvalue weighted by atomic mass is 16.5. The number of aryl methyl sites for hydroxylation is 2. The van der Waals surface area contributed by atoms with Gasteiger partial charge in [-0.05, 0) is 49.1 Å². The van der Waals surface area contributed by atoms with Crippen molar-refractivity contribution in [3.8, 4) is 5.75 Å². The number of hydrogen-bond donors (Lipinski definition) is 1. The van der Waals surface area contributed by atoms with E-state index in [0.29, 0.717) is 12.2 Å². The van der Waals surface area contributed by atoms with E-state index in [1.54, 1.807) is 18.2 Å². The molecular weight excluding hydrogens is 252 g/mol. The maximum atomic E-state index is 10.8. The first-order valence-corrected chi connectivity index (χ1v) is 6.67. The first kappa shape index (κ1) is 14.1. The Morgan fingerprint density at radius 3 is 2.55 bits per heavy atom. The summed E-state index contributed by atoms with van der Waals surface area (Å²) in [5, 5.41) is 8.90. The van der Waals surface area contributed by atoms with Crippen LogP contribution in [0.5, 0.6) is 5.75 Å². The standard InChI is InChI=1S/C17H18O3/c1-13-12-15(17(18)19)9-10-16(13)20-11-5-8-14-6-3-2-4-7-14/h2-4,6-7,9-10,12H,5,8,11H2,1H3,(H,18,19). The third kappa shape index (κ3) is 3.85. The van der Waals surface area contributed by atoms with Gasteiger partial charge in [0.2, 0.25) is 0 Å². The number of benzene rings is 2. The summed E-state index contributed by atoms with van der Waals surface area (Å²) >= 11 is 0. The molecule has 0 aliphatic heterocycles. The molecule has 0 atom stereocenters. The summed E-state index contributed by atoms with van der Waals surface area (Å²) in [6.07, 6.45) is 1.91. The highest BCUT2D eigenvalue weighted by molar-refractivity contribution is 5.88. The third-order valence-corrected chi connectivity index (χ3v) is 3.13. The van der Waals surface area contributed by atoms with E-state index in [-0.39, 0.29) is 0 Å². The minimum Gasteiger partial charge on any atom is -0.493 e. The van der Waals surface area contributed by atoms with Crippen molar-refractivity contribution in [3.63, 3.8) is 0 Å². The summed E-state index contributed by atoms with van der Waals surface area (Å²) in [5.74, 6) is -0.160. The number of ether oxygens (including phenoxy) is 1. The number of hydrogen-bond acceptors (Lipinski definition) is 2. The molecule has 0 amide bonds. The molecule has 2 aromatic carbocycles. The van der Waals surface area contributed by atoms with Crippen molar-refractivity contribution >= 4 is 5.97 Å². The van der Waals surface area contributed by atoms with Crippen molar-refractivity contribution in [2.45, 2.75) is 19.8 Å². The van der Waals surface area contributed by atoms with Gasteiger partial charge < -0.3 is 9.84 Å². The lowest BCUT2D eigenvalue weighted by Gasteiger charge is -2.09. The van der Waals surface area contributed by atoms with E-state index >= 15 is 0 Å². The summed E-state index contributed by atoms with van der Waals surface area (Å²) in [6.45, 7) is 2.49. The molecule has 0 aliphatic carbocycles. The second-order valence-electron chi connectivity index (χ2n) is 4.72. The Balaban J connectivity index is 1.84. The first-order chi connectivity index (χ1) is 9.66. The molecule has 0 aliphatic rings. The number of carboxylic acids is 1. The van der Waals surface area contributed by atoms with E-state index in [1.807, 2.05) is 25.1 Å².